The lowest BCUT2D eigenvalue weighted by Crippen LogP contribution is -2.42. The second kappa shape index (κ2) is 8.59. The first kappa shape index (κ1) is 20.1. The molecule has 0 saturated carbocycles. The van der Waals surface area contributed by atoms with Crippen molar-refractivity contribution in [3.05, 3.63) is 59.2 Å². The maximum atomic E-state index is 11.7. The molecule has 0 fully saturated rings. The fraction of sp³-hybridized carbons (Fsp3) is 0.348. The van der Waals surface area contributed by atoms with Gasteiger partial charge in [0.05, 0.1) is 6.42 Å². The molecule has 3 N–H and O–H groups in total. The number of fused-ring (bicyclic) bond motifs is 1. The van der Waals surface area contributed by atoms with Crippen LogP contribution in [-0.4, -0.2) is 35.8 Å². The van der Waals surface area contributed by atoms with Crippen LogP contribution >= 0.6 is 0 Å². The lowest BCUT2D eigenvalue weighted by atomic mass is 10.0. The molecule has 1 unspecified atom stereocenters. The van der Waals surface area contributed by atoms with Gasteiger partial charge in [-0.15, -0.1) is 0 Å². The molecule has 5 nitrogen and oxygen atoms in total. The van der Waals surface area contributed by atoms with Crippen LogP contribution in [0.1, 0.15) is 37.5 Å². The molecule has 1 aliphatic rings. The Hall–Kier alpha value is -2.63. The molecular weight excluding hydrogens is 352 g/mol. The van der Waals surface area contributed by atoms with Crippen LogP contribution in [0, 0.1) is 0 Å². The van der Waals surface area contributed by atoms with Gasteiger partial charge in [0.2, 0.25) is 5.91 Å². The Kier molecular flexibility index (Phi) is 6.17. The number of benzene rings is 2. The Morgan fingerprint density at radius 1 is 1.14 bits per heavy atom. The maximum Gasteiger partial charge on any atom is 0.228 e. The van der Waals surface area contributed by atoms with E-state index in [0.717, 1.165) is 28.1 Å². The fourth-order valence-corrected chi connectivity index (χ4v) is 3.03. The molecule has 1 heterocycles. The minimum Gasteiger partial charge on any atom is -0.490 e. The quantitative estimate of drug-likeness (QED) is 0.643. The first-order valence-corrected chi connectivity index (χ1v) is 9.56. The summed E-state index contributed by atoms with van der Waals surface area (Å²) in [4.78, 5) is 11.7. The molecule has 5 heteroatoms. The molecule has 0 aromatic heterocycles. The first-order valence-electron chi connectivity index (χ1n) is 9.56. The molecule has 0 bridgehead atoms. The number of carbonyl (C=O) groups excluding carboxylic acids is 1. The number of β-amino-alcohol motifs (C(OH)–C–C–N with tert-alkyl or cyclic N) is 1. The number of anilines is 1. The van der Waals surface area contributed by atoms with Crippen molar-refractivity contribution in [2.75, 3.05) is 18.5 Å². The van der Waals surface area contributed by atoms with E-state index >= 15 is 0 Å². The van der Waals surface area contributed by atoms with Crippen LogP contribution in [0.15, 0.2) is 42.5 Å². The van der Waals surface area contributed by atoms with E-state index in [9.17, 15) is 9.90 Å². The number of nitrogens with one attached hydrogen (secondary N) is 2. The zero-order valence-electron chi connectivity index (χ0n) is 16.7. The third-order valence-corrected chi connectivity index (χ3v) is 4.48. The molecule has 1 atom stereocenters. The number of hydrogen-bond donors (Lipinski definition) is 3. The number of para-hydroxylation sites is 1. The molecule has 0 radical (unpaired) electrons. The predicted molar refractivity (Wildman–Crippen MR) is 113 cm³/mol. The molecule has 0 aliphatic carbocycles. The zero-order chi connectivity index (χ0) is 20.1. The monoisotopic (exact) mass is 380 g/mol. The normalized spacial score (nSPS) is 14.8. The Bertz CT molecular complexity index is 868. The van der Waals surface area contributed by atoms with E-state index in [4.69, 9.17) is 4.74 Å². The molecule has 28 heavy (non-hydrogen) atoms. The molecule has 1 amide bonds. The van der Waals surface area contributed by atoms with Crippen LogP contribution < -0.4 is 15.4 Å². The van der Waals surface area contributed by atoms with Gasteiger partial charge in [-0.3, -0.25) is 4.79 Å². The highest BCUT2D eigenvalue weighted by atomic mass is 16.5. The van der Waals surface area contributed by atoms with Crippen molar-refractivity contribution in [3.8, 4) is 5.75 Å². The zero-order valence-corrected chi connectivity index (χ0v) is 16.7. The van der Waals surface area contributed by atoms with Crippen molar-refractivity contribution < 1.29 is 14.6 Å². The van der Waals surface area contributed by atoms with Crippen molar-refractivity contribution >= 4 is 23.7 Å². The number of hydrogen-bond acceptors (Lipinski definition) is 4. The Labute approximate surface area is 166 Å². The highest BCUT2D eigenvalue weighted by Crippen LogP contribution is 2.28. The van der Waals surface area contributed by atoms with Gasteiger partial charge in [-0.2, -0.15) is 0 Å². The summed E-state index contributed by atoms with van der Waals surface area (Å²) in [5.41, 5.74) is 3.79. The van der Waals surface area contributed by atoms with Crippen molar-refractivity contribution in [1.29, 1.82) is 0 Å². The van der Waals surface area contributed by atoms with Gasteiger partial charge in [-0.25, -0.2) is 0 Å². The Morgan fingerprint density at radius 2 is 1.86 bits per heavy atom. The Morgan fingerprint density at radius 3 is 2.64 bits per heavy atom. The topological polar surface area (TPSA) is 70.6 Å². The Balaban J connectivity index is 1.67. The summed E-state index contributed by atoms with van der Waals surface area (Å²) < 4.78 is 5.85. The van der Waals surface area contributed by atoms with Gasteiger partial charge in [0.15, 0.2) is 0 Å². The van der Waals surface area contributed by atoms with E-state index < -0.39 is 6.10 Å². The van der Waals surface area contributed by atoms with Crippen molar-refractivity contribution in [3.63, 3.8) is 0 Å². The number of carbonyl (C=O) groups is 1. The molecule has 2 aromatic rings. The third-order valence-electron chi connectivity index (χ3n) is 4.48. The average molecular weight is 380 g/mol. The van der Waals surface area contributed by atoms with Gasteiger partial charge in [-0.05, 0) is 44.0 Å². The predicted octanol–water partition coefficient (Wildman–Crippen LogP) is 3.48. The summed E-state index contributed by atoms with van der Waals surface area (Å²) in [6.45, 7) is 6.87. The molecule has 3 rings (SSSR count). The van der Waals surface area contributed by atoms with Crippen molar-refractivity contribution in [2.24, 2.45) is 0 Å². The van der Waals surface area contributed by atoms with Crippen LogP contribution in [0.4, 0.5) is 5.69 Å². The second-order valence-electron chi connectivity index (χ2n) is 8.07. The molecule has 2 aromatic carbocycles. The largest absolute Gasteiger partial charge is 0.490 e. The van der Waals surface area contributed by atoms with Crippen LogP contribution in [0.3, 0.4) is 0 Å². The standard InChI is InChI=1S/C23H28N2O3/c1-23(2,3)24-14-18(26)15-28-21-10-5-4-7-17(21)12-11-16-8-6-9-20-19(16)13-22(27)25-20/h4-12,18,24,26H,13-15H2,1-3H3,(H,25,27). The van der Waals surface area contributed by atoms with E-state index in [2.05, 4.69) is 31.4 Å². The lowest BCUT2D eigenvalue weighted by Gasteiger charge is -2.23. The van der Waals surface area contributed by atoms with Gasteiger partial charge in [0, 0.05) is 23.3 Å². The van der Waals surface area contributed by atoms with Gasteiger partial charge in [0.1, 0.15) is 18.5 Å². The SMILES string of the molecule is CC(C)(C)NCC(O)COc1ccccc1C=Cc1cccc2c1CC(=O)N2. The van der Waals surface area contributed by atoms with Crippen LogP contribution in [-0.2, 0) is 11.2 Å². The van der Waals surface area contributed by atoms with E-state index in [-0.39, 0.29) is 18.1 Å². The van der Waals surface area contributed by atoms with E-state index in [0.29, 0.717) is 13.0 Å². The third kappa shape index (κ3) is 5.44. The molecule has 0 spiro atoms. The minimum atomic E-state index is -0.592. The smallest absolute Gasteiger partial charge is 0.228 e. The minimum absolute atomic E-state index is 0.0254. The van der Waals surface area contributed by atoms with Crippen LogP contribution in [0.2, 0.25) is 0 Å². The van der Waals surface area contributed by atoms with Gasteiger partial charge >= 0.3 is 0 Å². The summed E-state index contributed by atoms with van der Waals surface area (Å²) in [6.07, 6.45) is 3.79. The number of aliphatic hydroxyl groups is 1. The molecule has 0 saturated heterocycles. The van der Waals surface area contributed by atoms with Gasteiger partial charge in [-0.1, -0.05) is 42.5 Å². The summed E-state index contributed by atoms with van der Waals surface area (Å²) in [5, 5.41) is 16.3. The van der Waals surface area contributed by atoms with E-state index in [1.54, 1.807) is 0 Å². The maximum absolute atomic E-state index is 11.7. The summed E-state index contributed by atoms with van der Waals surface area (Å²) in [7, 11) is 0. The lowest BCUT2D eigenvalue weighted by molar-refractivity contribution is -0.115. The van der Waals surface area contributed by atoms with Crippen LogP contribution in [0.5, 0.6) is 5.75 Å². The fourth-order valence-electron chi connectivity index (χ4n) is 3.03. The number of amides is 1. The summed E-state index contributed by atoms with van der Waals surface area (Å²) >= 11 is 0. The highest BCUT2D eigenvalue weighted by molar-refractivity contribution is 6.00. The molecule has 1 aliphatic heterocycles. The number of aliphatic hydroxyl groups excluding tert-OH is 1. The summed E-state index contributed by atoms with van der Waals surface area (Å²) in [5.74, 6) is 0.743. The highest BCUT2D eigenvalue weighted by Gasteiger charge is 2.19. The van der Waals surface area contributed by atoms with Gasteiger partial charge in [0.25, 0.3) is 0 Å². The van der Waals surface area contributed by atoms with E-state index in [1.165, 1.54) is 0 Å². The molecule has 148 valence electrons. The first-order chi connectivity index (χ1) is 13.3. The van der Waals surface area contributed by atoms with Crippen molar-refractivity contribution in [2.45, 2.75) is 38.8 Å². The number of rotatable bonds is 7. The average Bonchev–Trinajstić information content (AvgIpc) is 3.04. The number of ether oxygens (including phenoxy) is 1. The second-order valence-corrected chi connectivity index (χ2v) is 8.07. The van der Waals surface area contributed by atoms with Crippen LogP contribution in [0.25, 0.3) is 12.2 Å². The van der Waals surface area contributed by atoms with E-state index in [1.807, 2.05) is 54.6 Å². The van der Waals surface area contributed by atoms with Crippen molar-refractivity contribution in [1.82, 2.24) is 5.32 Å². The summed E-state index contributed by atoms with van der Waals surface area (Å²) in [6, 6.07) is 13.6. The molecular formula is C23H28N2O3. The van der Waals surface area contributed by atoms with Gasteiger partial charge < -0.3 is 20.5 Å².